The van der Waals surface area contributed by atoms with Crippen LogP contribution in [0.15, 0.2) is 145 Å². The Bertz CT molecular complexity index is 2120. The molecule has 3 heteroatoms. The predicted octanol–water partition coefficient (Wildman–Crippen LogP) is 9.85. The minimum atomic E-state index is 0.403. The number of pyridine rings is 1. The average Bonchev–Trinajstić information content (AvgIpc) is 3.17. The first kappa shape index (κ1) is 36.2. The van der Waals surface area contributed by atoms with E-state index in [-0.39, 0.29) is 0 Å². The van der Waals surface area contributed by atoms with Crippen LogP contribution in [-0.4, -0.2) is 22.6 Å². The van der Waals surface area contributed by atoms with Crippen molar-refractivity contribution in [2.75, 3.05) is 0 Å². The van der Waals surface area contributed by atoms with Crippen LogP contribution in [0.25, 0.3) is 5.57 Å². The minimum Gasteiger partial charge on any atom is -0.255 e. The Hall–Kier alpha value is -5.15. The molecule has 1 unspecified atom stereocenters. The highest BCUT2D eigenvalue weighted by Crippen LogP contribution is 2.41. The SMILES string of the molecule is C=[N+]1C=C(CC[C@H]2C[C@@H](CCC3=C[N+](=C)[C-](c4ccccc4C)C=C3)C[C@@H](CCc3ccc(=C4C=CC=CC4C)[n+](=C)c3)C2)C=C[C-]1c1ccccc1. The van der Waals surface area contributed by atoms with E-state index >= 15 is 0 Å². The summed E-state index contributed by atoms with van der Waals surface area (Å²) >= 11 is 0. The quantitative estimate of drug-likeness (QED) is 0.140. The Labute approximate surface area is 318 Å². The van der Waals surface area contributed by atoms with Crippen LogP contribution in [0.1, 0.15) is 80.5 Å². The third-order valence-corrected chi connectivity index (χ3v) is 11.8. The Morgan fingerprint density at radius 3 is 1.87 bits per heavy atom. The van der Waals surface area contributed by atoms with Gasteiger partial charge in [-0.2, -0.15) is 4.24 Å². The number of rotatable bonds is 11. The van der Waals surface area contributed by atoms with Gasteiger partial charge in [-0.1, -0.05) is 92.3 Å². The lowest BCUT2D eigenvalue weighted by Gasteiger charge is -2.36. The number of allylic oxidation sites excluding steroid dienone is 8. The molecule has 0 amide bonds. The highest BCUT2D eigenvalue weighted by Gasteiger charge is 2.29. The van der Waals surface area contributed by atoms with Crippen LogP contribution in [0.3, 0.4) is 0 Å². The minimum absolute atomic E-state index is 0.403. The van der Waals surface area contributed by atoms with Crippen molar-refractivity contribution in [1.82, 2.24) is 0 Å². The molecule has 7 rings (SSSR count). The molecule has 3 heterocycles. The van der Waals surface area contributed by atoms with Gasteiger partial charge in [0.15, 0.2) is 6.20 Å². The van der Waals surface area contributed by atoms with Crippen LogP contribution in [0, 0.1) is 49.4 Å². The molecule has 0 spiro atoms. The number of hydrogen-bond donors (Lipinski definition) is 0. The second-order valence-corrected chi connectivity index (χ2v) is 15.8. The Morgan fingerprint density at radius 2 is 1.26 bits per heavy atom. The van der Waals surface area contributed by atoms with Gasteiger partial charge >= 0.3 is 0 Å². The van der Waals surface area contributed by atoms with Crippen molar-refractivity contribution in [3.8, 4) is 0 Å². The summed E-state index contributed by atoms with van der Waals surface area (Å²) in [6.45, 7) is 17.6. The smallest absolute Gasteiger partial charge is 0.213 e. The van der Waals surface area contributed by atoms with Crippen molar-refractivity contribution in [1.29, 1.82) is 0 Å². The van der Waals surface area contributed by atoms with Crippen LogP contribution in [-0.2, 0) is 6.42 Å². The van der Waals surface area contributed by atoms with Crippen molar-refractivity contribution in [2.24, 2.45) is 23.7 Å². The lowest BCUT2D eigenvalue weighted by Crippen LogP contribution is -2.38. The summed E-state index contributed by atoms with van der Waals surface area (Å²) in [7, 11) is 0. The maximum absolute atomic E-state index is 4.40. The van der Waals surface area contributed by atoms with E-state index in [1.165, 1.54) is 88.9 Å². The van der Waals surface area contributed by atoms with Gasteiger partial charge in [0.2, 0.25) is 5.35 Å². The second-order valence-electron chi connectivity index (χ2n) is 15.8. The Balaban J connectivity index is 1.01. The summed E-state index contributed by atoms with van der Waals surface area (Å²) in [5.74, 6) is 2.60. The van der Waals surface area contributed by atoms with Gasteiger partial charge in [0.25, 0.3) is 0 Å². The first-order chi connectivity index (χ1) is 25.8. The lowest BCUT2D eigenvalue weighted by atomic mass is 9.70. The number of aryl methyl sites for hydroxylation is 2. The predicted molar refractivity (Wildman–Crippen MR) is 220 cm³/mol. The molecule has 3 nitrogen and oxygen atoms in total. The summed E-state index contributed by atoms with van der Waals surface area (Å²) in [6.07, 6.45) is 35.6. The van der Waals surface area contributed by atoms with Gasteiger partial charge < -0.3 is 0 Å². The fraction of sp³-hybridized carbons (Fsp3) is 0.300. The summed E-state index contributed by atoms with van der Waals surface area (Å²) in [4.78, 5) is 0. The van der Waals surface area contributed by atoms with Crippen molar-refractivity contribution in [2.45, 2.75) is 71.6 Å². The average molecular weight is 699 g/mol. The first-order valence-corrected chi connectivity index (χ1v) is 19.7. The van der Waals surface area contributed by atoms with Gasteiger partial charge in [0.05, 0.1) is 13.4 Å². The lowest BCUT2D eigenvalue weighted by molar-refractivity contribution is -0.514. The molecule has 4 atom stereocenters. The zero-order valence-electron chi connectivity index (χ0n) is 31.8. The molecule has 1 aromatic heterocycles. The summed E-state index contributed by atoms with van der Waals surface area (Å²) < 4.78 is 6.22. The summed E-state index contributed by atoms with van der Waals surface area (Å²) in [5.41, 5.74) is 9.21. The second kappa shape index (κ2) is 16.7. The fourth-order valence-corrected chi connectivity index (χ4v) is 8.95. The van der Waals surface area contributed by atoms with Crippen molar-refractivity contribution < 1.29 is 13.4 Å². The van der Waals surface area contributed by atoms with Crippen molar-refractivity contribution >= 4 is 19.0 Å². The van der Waals surface area contributed by atoms with E-state index in [9.17, 15) is 0 Å². The van der Waals surface area contributed by atoms with E-state index in [1.807, 2.05) is 0 Å². The molecule has 0 N–H and O–H groups in total. The number of benzene rings is 2. The van der Waals surface area contributed by atoms with Crippen molar-refractivity contribution in [3.05, 3.63) is 191 Å². The topological polar surface area (TPSA) is 11.9 Å². The molecule has 0 radical (unpaired) electrons. The summed E-state index contributed by atoms with van der Waals surface area (Å²) in [5, 5.41) is 1.20. The Kier molecular flexibility index (Phi) is 11.4. The monoisotopic (exact) mass is 698 g/mol. The normalized spacial score (nSPS) is 23.7. The van der Waals surface area contributed by atoms with Crippen molar-refractivity contribution in [3.63, 3.8) is 0 Å². The molecule has 0 saturated heterocycles. The molecule has 2 aliphatic carbocycles. The zero-order chi connectivity index (χ0) is 36.7. The zero-order valence-corrected chi connectivity index (χ0v) is 31.8. The standard InChI is InChI=1S/C50H56N3/c1-37-13-9-11-17-46(37)49-29-26-40(35-52(49)4)20-23-43-31-42(22-19-39-25-28-48(51(3)34-39)45-15-7-6-8-16-45)32-44(33-43)24-21-41-27-30-50(53(5)36-41)47-18-12-10-14-38(47)2/h6-18,25-30,34-37,42-44H,3-5,19-24,31-33H2,1-2H3/q+1/t37?,42-,43+,44-/m1/s1. The number of aromatic nitrogens is 1. The molecular weight excluding hydrogens is 643 g/mol. The van der Waals surface area contributed by atoms with Crippen LogP contribution < -0.4 is 9.59 Å². The van der Waals surface area contributed by atoms with E-state index < -0.39 is 0 Å². The van der Waals surface area contributed by atoms with Crippen LogP contribution in [0.5, 0.6) is 0 Å². The first-order valence-electron chi connectivity index (χ1n) is 19.7. The van der Waals surface area contributed by atoms with Gasteiger partial charge in [0, 0.05) is 23.1 Å². The largest absolute Gasteiger partial charge is 0.255 e. The van der Waals surface area contributed by atoms with Gasteiger partial charge in [-0.3, -0.25) is 9.15 Å². The molecule has 2 aliphatic heterocycles. The molecule has 270 valence electrons. The van der Waals surface area contributed by atoms with E-state index in [4.69, 9.17) is 0 Å². The number of hydrogen-bond acceptors (Lipinski definition) is 0. The molecule has 4 aliphatic rings. The molecule has 3 aromatic rings. The van der Waals surface area contributed by atoms with Gasteiger partial charge in [-0.05, 0) is 116 Å². The third-order valence-electron chi connectivity index (χ3n) is 11.8. The van der Waals surface area contributed by atoms with E-state index in [1.54, 1.807) is 0 Å². The molecule has 1 fully saturated rings. The molecule has 53 heavy (non-hydrogen) atoms. The van der Waals surface area contributed by atoms with Gasteiger partial charge in [-0.25, -0.2) is 0 Å². The highest BCUT2D eigenvalue weighted by molar-refractivity contribution is 5.61. The van der Waals surface area contributed by atoms with E-state index in [0.29, 0.717) is 5.92 Å². The molecule has 1 saturated carbocycles. The fourth-order valence-electron chi connectivity index (χ4n) is 8.95. The van der Waals surface area contributed by atoms with Crippen LogP contribution in [0.4, 0.5) is 0 Å². The molecule has 2 aromatic carbocycles. The molecule has 0 bridgehead atoms. The van der Waals surface area contributed by atoms with Gasteiger partial charge in [-0.15, -0.1) is 18.2 Å². The third kappa shape index (κ3) is 8.91. The van der Waals surface area contributed by atoms with Crippen LogP contribution in [0.2, 0.25) is 0 Å². The van der Waals surface area contributed by atoms with E-state index in [0.717, 1.165) is 43.1 Å². The van der Waals surface area contributed by atoms with E-state index in [2.05, 4.69) is 181 Å². The Morgan fingerprint density at radius 1 is 0.660 bits per heavy atom. The van der Waals surface area contributed by atoms with Crippen LogP contribution >= 0.6 is 0 Å². The highest BCUT2D eigenvalue weighted by atomic mass is 15.0. The molecular formula is C50H56N3+. The van der Waals surface area contributed by atoms with Gasteiger partial charge in [0.1, 0.15) is 31.2 Å². The maximum Gasteiger partial charge on any atom is 0.213 e. The number of nitrogens with zero attached hydrogens (tertiary/aromatic N) is 3. The maximum atomic E-state index is 4.40. The summed E-state index contributed by atoms with van der Waals surface area (Å²) in [6, 6.07) is 26.1.